The van der Waals surface area contributed by atoms with Gasteiger partial charge in [-0.15, -0.1) is 0 Å². The van der Waals surface area contributed by atoms with Gasteiger partial charge in [0.05, 0.1) is 0 Å². The van der Waals surface area contributed by atoms with E-state index < -0.39 is 7.38 Å². The molecular weight excluding hydrogens is 268 g/mol. The van der Waals surface area contributed by atoms with Gasteiger partial charge in [0.2, 0.25) is 0 Å². The Kier molecular flexibility index (Phi) is 2.82. The number of fused-ring (bicyclic) bond motifs is 3. The molecule has 2 aliphatic rings. The van der Waals surface area contributed by atoms with E-state index in [0.29, 0.717) is 11.0 Å². The quantitative estimate of drug-likeness (QED) is 0.487. The Morgan fingerprint density at radius 2 is 1.89 bits per heavy atom. The molecule has 2 heteroatoms. The maximum atomic E-state index is 6.77. The van der Waals surface area contributed by atoms with Gasteiger partial charge in [0.25, 0.3) is 0 Å². The summed E-state index contributed by atoms with van der Waals surface area (Å²) in [4.78, 5) is 0. The molecule has 0 aliphatic heterocycles. The molecule has 0 bridgehead atoms. The number of hydrogen-bond donors (Lipinski definition) is 0. The molecule has 0 amide bonds. The zero-order valence-electron chi connectivity index (χ0n) is 12.6. The van der Waals surface area contributed by atoms with Crippen molar-refractivity contribution in [2.45, 2.75) is 52.2 Å². The van der Waals surface area contributed by atoms with Crippen LogP contribution in [0.4, 0.5) is 0 Å². The normalized spacial score (nSPS) is 24.1. The van der Waals surface area contributed by atoms with Gasteiger partial charge < -0.3 is 0 Å². The van der Waals surface area contributed by atoms with E-state index in [9.17, 15) is 0 Å². The molecule has 0 N–H and O–H groups in total. The van der Waals surface area contributed by atoms with Crippen LogP contribution in [-0.2, 0) is 12.8 Å². The van der Waals surface area contributed by atoms with Gasteiger partial charge in [-0.1, -0.05) is 50.7 Å². The maximum absolute atomic E-state index is 6.77. The molecule has 0 spiro atoms. The van der Waals surface area contributed by atoms with E-state index in [1.165, 1.54) is 29.5 Å². The molecule has 0 aromatic heterocycles. The fraction of sp³-hybridized carbons (Fsp3) is 0.529. The fourth-order valence-electron chi connectivity index (χ4n) is 4.05. The number of hydrogen-bond acceptors (Lipinski definition) is 0. The van der Waals surface area contributed by atoms with E-state index in [0.717, 1.165) is 0 Å². The summed E-state index contributed by atoms with van der Waals surface area (Å²) in [5.41, 5.74) is 8.55. The molecule has 102 valence electrons. The molecule has 0 nitrogen and oxygen atoms in total. The van der Waals surface area contributed by atoms with E-state index in [1.807, 2.05) is 0 Å². The molecule has 3 rings (SSSR count). The largest absolute Gasteiger partial charge is 0.167 e. The molecule has 1 unspecified atom stereocenters. The Bertz CT molecular complexity index is 576. The first-order chi connectivity index (χ1) is 8.69. The van der Waals surface area contributed by atoms with E-state index in [-0.39, 0.29) is 0 Å². The fourth-order valence-corrected chi connectivity index (χ4v) is 7.07. The highest BCUT2D eigenvalue weighted by atomic mass is 35.6. The minimum Gasteiger partial charge on any atom is -0.167 e. The van der Waals surface area contributed by atoms with Crippen molar-refractivity contribution in [1.82, 2.24) is 0 Å². The van der Waals surface area contributed by atoms with Gasteiger partial charge in [-0.3, -0.25) is 0 Å². The third-order valence-corrected chi connectivity index (χ3v) is 7.43. The van der Waals surface area contributed by atoms with Crippen LogP contribution in [-0.4, -0.2) is 7.38 Å². The van der Waals surface area contributed by atoms with Crippen molar-refractivity contribution in [2.24, 2.45) is 5.41 Å². The van der Waals surface area contributed by atoms with Crippen LogP contribution in [0.5, 0.6) is 0 Å². The summed E-state index contributed by atoms with van der Waals surface area (Å²) in [5.74, 6) is 0. The first-order valence-corrected chi connectivity index (χ1v) is 11.3. The zero-order valence-corrected chi connectivity index (χ0v) is 14.4. The predicted molar refractivity (Wildman–Crippen MR) is 87.4 cm³/mol. The van der Waals surface area contributed by atoms with Gasteiger partial charge in [0.15, 0.2) is 7.38 Å². The van der Waals surface area contributed by atoms with Crippen molar-refractivity contribution in [1.29, 1.82) is 0 Å². The van der Waals surface area contributed by atoms with Gasteiger partial charge in [0, 0.05) is 5.54 Å². The lowest BCUT2D eigenvalue weighted by Crippen LogP contribution is -2.28. The summed E-state index contributed by atoms with van der Waals surface area (Å²) in [7, 11) is -1.70. The molecule has 2 aliphatic carbocycles. The molecule has 0 saturated heterocycles. The zero-order chi connectivity index (χ0) is 14.0. The van der Waals surface area contributed by atoms with E-state index in [2.05, 4.69) is 52.1 Å². The van der Waals surface area contributed by atoms with Gasteiger partial charge in [0.1, 0.15) is 0 Å². The molecule has 0 fully saturated rings. The summed E-state index contributed by atoms with van der Waals surface area (Å²) in [5, 5.41) is 0. The lowest BCUT2D eigenvalue weighted by atomic mass is 9.90. The van der Waals surface area contributed by atoms with Crippen LogP contribution in [0.25, 0.3) is 6.08 Å². The summed E-state index contributed by atoms with van der Waals surface area (Å²) in [6.07, 6.45) is 4.85. The second kappa shape index (κ2) is 3.99. The Morgan fingerprint density at radius 3 is 2.53 bits per heavy atom. The van der Waals surface area contributed by atoms with Crippen LogP contribution in [0, 0.1) is 5.41 Å². The lowest BCUT2D eigenvalue weighted by Gasteiger charge is -2.25. The minimum absolute atomic E-state index is 0.422. The van der Waals surface area contributed by atoms with Gasteiger partial charge in [-0.25, -0.2) is 0 Å². The lowest BCUT2D eigenvalue weighted by molar-refractivity contribution is 0.392. The van der Waals surface area contributed by atoms with Crippen molar-refractivity contribution < 1.29 is 0 Å². The van der Waals surface area contributed by atoms with Crippen molar-refractivity contribution in [3.8, 4) is 0 Å². The van der Waals surface area contributed by atoms with Crippen LogP contribution in [0.15, 0.2) is 17.7 Å². The topological polar surface area (TPSA) is 0 Å². The highest BCUT2D eigenvalue weighted by Crippen LogP contribution is 2.48. The molecule has 1 aromatic carbocycles. The average molecular weight is 291 g/mol. The van der Waals surface area contributed by atoms with Crippen molar-refractivity contribution >= 4 is 24.5 Å². The Hall–Kier alpha value is -0.533. The Labute approximate surface area is 122 Å². The molecule has 1 aromatic rings. The molecule has 0 heterocycles. The van der Waals surface area contributed by atoms with Crippen molar-refractivity contribution in [2.75, 3.05) is 0 Å². The van der Waals surface area contributed by atoms with Crippen molar-refractivity contribution in [3.05, 3.63) is 40.0 Å². The SMILES string of the molecule is CC1=Cc2c(ccc3c2CC(C)(C)C3)C1[Si](C)(C)Cl. The summed E-state index contributed by atoms with van der Waals surface area (Å²) >= 11 is 6.77. The summed E-state index contributed by atoms with van der Waals surface area (Å²) in [6.45, 7) is 11.5. The summed E-state index contributed by atoms with van der Waals surface area (Å²) in [6, 6.07) is 4.71. The molecule has 1 atom stereocenters. The van der Waals surface area contributed by atoms with E-state index >= 15 is 0 Å². The third-order valence-electron chi connectivity index (χ3n) is 4.64. The monoisotopic (exact) mass is 290 g/mol. The van der Waals surface area contributed by atoms with Crippen LogP contribution >= 0.6 is 11.1 Å². The van der Waals surface area contributed by atoms with Gasteiger partial charge in [-0.2, -0.15) is 11.1 Å². The molecule has 0 saturated carbocycles. The third kappa shape index (κ3) is 2.11. The predicted octanol–water partition coefficient (Wildman–Crippen LogP) is 5.30. The van der Waals surface area contributed by atoms with E-state index in [1.54, 1.807) is 11.1 Å². The average Bonchev–Trinajstić information content (AvgIpc) is 2.71. The van der Waals surface area contributed by atoms with E-state index in [4.69, 9.17) is 11.1 Å². The van der Waals surface area contributed by atoms with Crippen LogP contribution in [0.3, 0.4) is 0 Å². The smallest absolute Gasteiger partial charge is 0.161 e. The van der Waals surface area contributed by atoms with Crippen LogP contribution < -0.4 is 0 Å². The number of benzene rings is 1. The van der Waals surface area contributed by atoms with Gasteiger partial charge >= 0.3 is 0 Å². The summed E-state index contributed by atoms with van der Waals surface area (Å²) < 4.78 is 0. The highest BCUT2D eigenvalue weighted by Gasteiger charge is 2.39. The number of halogens is 1. The Morgan fingerprint density at radius 1 is 1.21 bits per heavy atom. The first-order valence-electron chi connectivity index (χ1n) is 7.21. The number of allylic oxidation sites excluding steroid dienone is 1. The second-order valence-corrected chi connectivity index (χ2v) is 14.2. The Balaban J connectivity index is 2.14. The van der Waals surface area contributed by atoms with Gasteiger partial charge in [-0.05, 0) is 47.4 Å². The molecular formula is C17H23ClSi. The maximum Gasteiger partial charge on any atom is 0.161 e. The van der Waals surface area contributed by atoms with Crippen molar-refractivity contribution in [3.63, 3.8) is 0 Å². The standard InChI is InChI=1S/C17H23ClSi/c1-11-8-14-13(16(11)19(4,5)18)7-6-12-9-17(2,3)10-15(12)14/h6-8,16H,9-10H2,1-5H3. The molecule has 0 radical (unpaired) electrons. The van der Waals surface area contributed by atoms with Crippen LogP contribution in [0.2, 0.25) is 13.1 Å². The minimum atomic E-state index is -1.70. The second-order valence-electron chi connectivity index (χ2n) is 7.61. The first kappa shape index (κ1) is 13.4. The highest BCUT2D eigenvalue weighted by molar-refractivity contribution is 7.20. The van der Waals surface area contributed by atoms with Crippen LogP contribution in [0.1, 0.15) is 48.6 Å². The molecule has 19 heavy (non-hydrogen) atoms. The number of rotatable bonds is 1.